The van der Waals surface area contributed by atoms with Gasteiger partial charge in [0.1, 0.15) is 10.7 Å². The lowest BCUT2D eigenvalue weighted by molar-refractivity contribution is 0.687. The smallest absolute Gasteiger partial charge is 0.259 e. The molecule has 0 saturated carbocycles. The molecule has 1 unspecified atom stereocenters. The molecule has 9 heteroatoms. The van der Waals surface area contributed by atoms with Crippen LogP contribution in [0.1, 0.15) is 42.3 Å². The Balaban J connectivity index is 1.78. The first-order chi connectivity index (χ1) is 11.8. The van der Waals surface area contributed by atoms with Gasteiger partial charge in [0.05, 0.1) is 10.6 Å². The van der Waals surface area contributed by atoms with E-state index < -0.39 is 0 Å². The minimum absolute atomic E-state index is 0.00860. The SMILES string of the molecule is Cc1sc2nc(C(C)Sc3nnc(NCC(C)C)s3)[nH]c(=O)c2c1C. The molecule has 0 aromatic carbocycles. The Labute approximate surface area is 158 Å². The van der Waals surface area contributed by atoms with Gasteiger partial charge in [0.25, 0.3) is 5.56 Å². The van der Waals surface area contributed by atoms with E-state index in [1.54, 1.807) is 23.1 Å². The first-order valence-corrected chi connectivity index (χ1v) is 10.6. The molecule has 0 spiro atoms. The summed E-state index contributed by atoms with van der Waals surface area (Å²) in [6.07, 6.45) is 0. The topological polar surface area (TPSA) is 83.6 Å². The minimum Gasteiger partial charge on any atom is -0.360 e. The van der Waals surface area contributed by atoms with Crippen molar-refractivity contribution in [1.82, 2.24) is 20.2 Å². The molecule has 0 bridgehead atoms. The molecule has 6 nitrogen and oxygen atoms in total. The molecule has 0 aliphatic heterocycles. The molecule has 2 N–H and O–H groups in total. The number of nitrogens with zero attached hydrogens (tertiary/aromatic N) is 3. The standard InChI is InChI=1S/C16H21N5OS3/c1-7(2)6-17-15-20-21-16(25-15)24-10(5)12-18-13(22)11-8(3)9(4)23-14(11)19-12/h7,10H,6H2,1-5H3,(H,17,20)(H,18,19,22). The zero-order valence-electron chi connectivity index (χ0n) is 14.8. The predicted molar refractivity (Wildman–Crippen MR) is 107 cm³/mol. The molecule has 0 saturated heterocycles. The third-order valence-electron chi connectivity index (χ3n) is 3.79. The van der Waals surface area contributed by atoms with Gasteiger partial charge in [-0.05, 0) is 32.3 Å². The fourth-order valence-corrected chi connectivity index (χ4v) is 5.29. The molecule has 0 amide bonds. The number of fused-ring (bicyclic) bond motifs is 1. The number of thiophene rings is 1. The van der Waals surface area contributed by atoms with Crippen LogP contribution in [-0.4, -0.2) is 26.7 Å². The summed E-state index contributed by atoms with van der Waals surface area (Å²) in [6.45, 7) is 11.2. The lowest BCUT2D eigenvalue weighted by Gasteiger charge is -2.08. The minimum atomic E-state index is -0.0640. The summed E-state index contributed by atoms with van der Waals surface area (Å²) in [5.41, 5.74) is 0.955. The summed E-state index contributed by atoms with van der Waals surface area (Å²) in [4.78, 5) is 21.9. The number of aromatic amines is 1. The van der Waals surface area contributed by atoms with Crippen molar-refractivity contribution in [3.05, 3.63) is 26.6 Å². The molecule has 1 atom stereocenters. The molecule has 0 fully saturated rings. The highest BCUT2D eigenvalue weighted by Crippen LogP contribution is 2.36. The number of hydrogen-bond donors (Lipinski definition) is 2. The second-order valence-electron chi connectivity index (χ2n) is 6.32. The molecule has 3 aromatic heterocycles. The van der Waals surface area contributed by atoms with Crippen molar-refractivity contribution in [2.45, 2.75) is 44.2 Å². The fraction of sp³-hybridized carbons (Fsp3) is 0.500. The van der Waals surface area contributed by atoms with Crippen LogP contribution in [0, 0.1) is 19.8 Å². The maximum absolute atomic E-state index is 12.4. The van der Waals surface area contributed by atoms with Gasteiger partial charge >= 0.3 is 0 Å². The predicted octanol–water partition coefficient (Wildman–Crippen LogP) is 4.37. The van der Waals surface area contributed by atoms with Gasteiger partial charge in [0.2, 0.25) is 5.13 Å². The van der Waals surface area contributed by atoms with Gasteiger partial charge < -0.3 is 10.3 Å². The summed E-state index contributed by atoms with van der Waals surface area (Å²) < 4.78 is 0.861. The van der Waals surface area contributed by atoms with Gasteiger partial charge in [0.15, 0.2) is 4.34 Å². The Hall–Kier alpha value is -1.45. The summed E-state index contributed by atoms with van der Waals surface area (Å²) in [6, 6.07) is 0. The highest BCUT2D eigenvalue weighted by Gasteiger charge is 2.17. The lowest BCUT2D eigenvalue weighted by atomic mass is 10.2. The molecule has 0 aliphatic carbocycles. The number of aryl methyl sites for hydroxylation is 2. The maximum atomic E-state index is 12.4. The third-order valence-corrected chi connectivity index (χ3v) is 6.96. The highest BCUT2D eigenvalue weighted by molar-refractivity contribution is 8.01. The van der Waals surface area contributed by atoms with Crippen LogP contribution < -0.4 is 10.9 Å². The van der Waals surface area contributed by atoms with Crippen molar-refractivity contribution in [3.8, 4) is 0 Å². The van der Waals surface area contributed by atoms with Crippen LogP contribution >= 0.6 is 34.4 Å². The van der Waals surface area contributed by atoms with Crippen LogP contribution in [0.2, 0.25) is 0 Å². The van der Waals surface area contributed by atoms with Crippen LogP contribution in [0.4, 0.5) is 5.13 Å². The van der Waals surface area contributed by atoms with E-state index >= 15 is 0 Å². The Morgan fingerprint density at radius 2 is 1.96 bits per heavy atom. The quantitative estimate of drug-likeness (QED) is 0.603. The Morgan fingerprint density at radius 1 is 1.20 bits per heavy atom. The van der Waals surface area contributed by atoms with Gasteiger partial charge in [-0.3, -0.25) is 4.79 Å². The zero-order chi connectivity index (χ0) is 18.1. The van der Waals surface area contributed by atoms with Crippen molar-refractivity contribution in [3.63, 3.8) is 0 Å². The average Bonchev–Trinajstić information content (AvgIpc) is 3.10. The van der Waals surface area contributed by atoms with Crippen LogP contribution in [0.3, 0.4) is 0 Å². The number of hydrogen-bond acceptors (Lipinski definition) is 8. The van der Waals surface area contributed by atoms with Crippen LogP contribution in [0.15, 0.2) is 9.13 Å². The van der Waals surface area contributed by atoms with Gasteiger partial charge in [-0.1, -0.05) is 36.9 Å². The summed E-state index contributed by atoms with van der Waals surface area (Å²) in [5.74, 6) is 1.23. The van der Waals surface area contributed by atoms with Gasteiger partial charge in [-0.2, -0.15) is 0 Å². The lowest BCUT2D eigenvalue weighted by Crippen LogP contribution is -2.12. The van der Waals surface area contributed by atoms with Gasteiger partial charge in [-0.15, -0.1) is 21.5 Å². The average molecular weight is 396 g/mol. The Morgan fingerprint density at radius 3 is 2.68 bits per heavy atom. The Kier molecular flexibility index (Phi) is 5.45. The first kappa shape index (κ1) is 18.3. The first-order valence-electron chi connectivity index (χ1n) is 8.09. The number of nitrogens with one attached hydrogen (secondary N) is 2. The molecule has 25 heavy (non-hydrogen) atoms. The van der Waals surface area contributed by atoms with E-state index in [0.29, 0.717) is 17.1 Å². The van der Waals surface area contributed by atoms with E-state index in [1.807, 2.05) is 20.8 Å². The van der Waals surface area contributed by atoms with Crippen LogP contribution in [0.25, 0.3) is 10.2 Å². The summed E-state index contributed by atoms with van der Waals surface area (Å²) in [5, 5.41) is 13.2. The van der Waals surface area contributed by atoms with Crippen molar-refractivity contribution >= 4 is 49.8 Å². The second kappa shape index (κ2) is 7.43. The molecular formula is C16H21N5OS3. The van der Waals surface area contributed by atoms with Crippen LogP contribution in [0.5, 0.6) is 0 Å². The van der Waals surface area contributed by atoms with E-state index in [4.69, 9.17) is 0 Å². The molecular weight excluding hydrogens is 374 g/mol. The molecule has 3 aromatic rings. The molecule has 0 aliphatic rings. The van der Waals surface area contributed by atoms with Gasteiger partial charge in [0, 0.05) is 11.4 Å². The highest BCUT2D eigenvalue weighted by atomic mass is 32.2. The van der Waals surface area contributed by atoms with E-state index in [9.17, 15) is 4.79 Å². The van der Waals surface area contributed by atoms with Crippen molar-refractivity contribution in [2.24, 2.45) is 5.92 Å². The van der Waals surface area contributed by atoms with Crippen LogP contribution in [-0.2, 0) is 0 Å². The molecule has 0 radical (unpaired) electrons. The van der Waals surface area contributed by atoms with E-state index in [0.717, 1.165) is 31.3 Å². The monoisotopic (exact) mass is 395 g/mol. The zero-order valence-corrected chi connectivity index (χ0v) is 17.3. The van der Waals surface area contributed by atoms with Gasteiger partial charge in [-0.25, -0.2) is 4.98 Å². The number of H-pyrrole nitrogens is 1. The second-order valence-corrected chi connectivity index (χ2v) is 10.1. The Bertz CT molecular complexity index is 943. The van der Waals surface area contributed by atoms with Crippen molar-refractivity contribution in [1.29, 1.82) is 0 Å². The van der Waals surface area contributed by atoms with E-state index in [2.05, 4.69) is 39.3 Å². The largest absolute Gasteiger partial charge is 0.360 e. The maximum Gasteiger partial charge on any atom is 0.259 e. The third kappa shape index (κ3) is 4.04. The molecule has 3 rings (SSSR count). The van der Waals surface area contributed by atoms with E-state index in [-0.39, 0.29) is 10.8 Å². The van der Waals surface area contributed by atoms with Crippen molar-refractivity contribution < 1.29 is 0 Å². The number of aromatic nitrogens is 4. The summed E-state index contributed by atoms with van der Waals surface area (Å²) in [7, 11) is 0. The normalized spacial score (nSPS) is 12.9. The molecule has 3 heterocycles. The fourth-order valence-electron chi connectivity index (χ4n) is 2.29. The molecule has 134 valence electrons. The summed E-state index contributed by atoms with van der Waals surface area (Å²) >= 11 is 4.65. The number of thioether (sulfide) groups is 1. The number of rotatable bonds is 6. The van der Waals surface area contributed by atoms with E-state index in [1.165, 1.54) is 11.3 Å². The van der Waals surface area contributed by atoms with Crippen molar-refractivity contribution in [2.75, 3.05) is 11.9 Å². The number of anilines is 1.